The standard InChI is InChI=1S/C17H22O3/c1-2-20-17(19)16-11-6-9-14-13(7-3-4-12-18)8-5-10-15(14)16/h6,9,11-13H,2-5,7-8,10H2,1H3/t13-/m1/s1. The van der Waals surface area contributed by atoms with Gasteiger partial charge in [0.2, 0.25) is 0 Å². The van der Waals surface area contributed by atoms with Crippen molar-refractivity contribution in [3.63, 3.8) is 0 Å². The van der Waals surface area contributed by atoms with Crippen molar-refractivity contribution in [3.05, 3.63) is 34.9 Å². The van der Waals surface area contributed by atoms with Gasteiger partial charge in [-0.15, -0.1) is 0 Å². The smallest absolute Gasteiger partial charge is 0.338 e. The molecule has 0 heterocycles. The molecular weight excluding hydrogens is 252 g/mol. The maximum atomic E-state index is 12.0. The molecule has 0 fully saturated rings. The third kappa shape index (κ3) is 3.27. The van der Waals surface area contributed by atoms with Crippen molar-refractivity contribution in [2.45, 2.75) is 51.4 Å². The minimum Gasteiger partial charge on any atom is -0.462 e. The van der Waals surface area contributed by atoms with E-state index in [1.165, 1.54) is 5.56 Å². The summed E-state index contributed by atoms with van der Waals surface area (Å²) in [4.78, 5) is 22.5. The molecule has 108 valence electrons. The molecule has 1 aliphatic rings. The first-order chi connectivity index (χ1) is 9.77. The molecule has 1 atom stereocenters. The normalized spacial score (nSPS) is 17.4. The summed E-state index contributed by atoms with van der Waals surface area (Å²) in [6.07, 6.45) is 6.78. The van der Waals surface area contributed by atoms with Crippen molar-refractivity contribution in [2.75, 3.05) is 6.61 Å². The molecule has 20 heavy (non-hydrogen) atoms. The average Bonchev–Trinajstić information content (AvgIpc) is 2.47. The Morgan fingerprint density at radius 3 is 3.05 bits per heavy atom. The van der Waals surface area contributed by atoms with Gasteiger partial charge in [0.25, 0.3) is 0 Å². The molecule has 0 spiro atoms. The van der Waals surface area contributed by atoms with Crippen LogP contribution < -0.4 is 0 Å². The largest absolute Gasteiger partial charge is 0.462 e. The maximum Gasteiger partial charge on any atom is 0.338 e. The van der Waals surface area contributed by atoms with Crippen LogP contribution in [0.3, 0.4) is 0 Å². The highest BCUT2D eigenvalue weighted by atomic mass is 16.5. The topological polar surface area (TPSA) is 43.4 Å². The van der Waals surface area contributed by atoms with Crippen molar-refractivity contribution in [2.24, 2.45) is 0 Å². The van der Waals surface area contributed by atoms with Crippen LogP contribution >= 0.6 is 0 Å². The number of fused-ring (bicyclic) bond motifs is 1. The lowest BCUT2D eigenvalue weighted by atomic mass is 9.78. The van der Waals surface area contributed by atoms with Gasteiger partial charge in [-0.25, -0.2) is 4.79 Å². The van der Waals surface area contributed by atoms with Gasteiger partial charge >= 0.3 is 5.97 Å². The second-order valence-corrected chi connectivity index (χ2v) is 5.28. The lowest BCUT2D eigenvalue weighted by molar-refractivity contribution is -0.107. The fourth-order valence-electron chi connectivity index (χ4n) is 3.09. The molecule has 2 rings (SSSR count). The third-order valence-electron chi connectivity index (χ3n) is 4.00. The summed E-state index contributed by atoms with van der Waals surface area (Å²) < 4.78 is 5.14. The molecule has 0 unspecified atom stereocenters. The van der Waals surface area contributed by atoms with Crippen molar-refractivity contribution >= 4 is 12.3 Å². The van der Waals surface area contributed by atoms with Crippen LogP contribution in [0.25, 0.3) is 0 Å². The molecule has 3 nitrogen and oxygen atoms in total. The van der Waals surface area contributed by atoms with E-state index in [9.17, 15) is 9.59 Å². The van der Waals surface area contributed by atoms with E-state index < -0.39 is 0 Å². The summed E-state index contributed by atoms with van der Waals surface area (Å²) in [5, 5.41) is 0. The number of ether oxygens (including phenoxy) is 1. The average molecular weight is 274 g/mol. The molecule has 0 aliphatic heterocycles. The first kappa shape index (κ1) is 14.8. The highest BCUT2D eigenvalue weighted by Crippen LogP contribution is 2.36. The predicted octanol–water partition coefficient (Wildman–Crippen LogP) is 3.65. The minimum atomic E-state index is -0.210. The fourth-order valence-corrected chi connectivity index (χ4v) is 3.09. The Labute approximate surface area is 120 Å². The zero-order chi connectivity index (χ0) is 14.4. The molecule has 0 saturated carbocycles. The van der Waals surface area contributed by atoms with E-state index in [4.69, 9.17) is 4.74 Å². The van der Waals surface area contributed by atoms with Gasteiger partial charge < -0.3 is 9.53 Å². The van der Waals surface area contributed by atoms with Crippen molar-refractivity contribution < 1.29 is 14.3 Å². The zero-order valence-corrected chi connectivity index (χ0v) is 12.1. The fraction of sp³-hybridized carbons (Fsp3) is 0.529. The highest BCUT2D eigenvalue weighted by Gasteiger charge is 2.24. The first-order valence-electron chi connectivity index (χ1n) is 7.50. The molecule has 0 aromatic heterocycles. The number of hydrogen-bond donors (Lipinski definition) is 0. The van der Waals surface area contributed by atoms with Gasteiger partial charge in [-0.3, -0.25) is 0 Å². The molecule has 0 amide bonds. The molecule has 0 bridgehead atoms. The first-order valence-corrected chi connectivity index (χ1v) is 7.50. The van der Waals surface area contributed by atoms with Crippen LogP contribution in [-0.4, -0.2) is 18.9 Å². The van der Waals surface area contributed by atoms with Crippen molar-refractivity contribution in [3.8, 4) is 0 Å². The minimum absolute atomic E-state index is 0.210. The number of benzene rings is 1. The Morgan fingerprint density at radius 1 is 1.45 bits per heavy atom. The molecule has 1 aromatic rings. The summed E-state index contributed by atoms with van der Waals surface area (Å²) in [5.41, 5.74) is 3.17. The Bertz CT molecular complexity index is 479. The van der Waals surface area contributed by atoms with Crippen LogP contribution in [0.4, 0.5) is 0 Å². The van der Waals surface area contributed by atoms with E-state index in [0.717, 1.165) is 49.5 Å². The Balaban J connectivity index is 2.21. The van der Waals surface area contributed by atoms with Gasteiger partial charge in [0, 0.05) is 6.42 Å². The molecule has 3 heteroatoms. The number of unbranched alkanes of at least 4 members (excludes halogenated alkanes) is 1. The zero-order valence-electron chi connectivity index (χ0n) is 12.1. The Hall–Kier alpha value is -1.64. The number of carbonyl (C=O) groups is 2. The lowest BCUT2D eigenvalue weighted by Crippen LogP contribution is -2.16. The van der Waals surface area contributed by atoms with Gasteiger partial charge in [0.1, 0.15) is 6.29 Å². The number of aldehydes is 1. The lowest BCUT2D eigenvalue weighted by Gasteiger charge is -2.26. The van der Waals surface area contributed by atoms with Crippen LogP contribution in [0, 0.1) is 0 Å². The van der Waals surface area contributed by atoms with E-state index >= 15 is 0 Å². The summed E-state index contributed by atoms with van der Waals surface area (Å²) in [6.45, 7) is 2.24. The number of esters is 1. The Morgan fingerprint density at radius 2 is 2.30 bits per heavy atom. The van der Waals surface area contributed by atoms with Gasteiger partial charge in [0.05, 0.1) is 12.2 Å². The van der Waals surface area contributed by atoms with Crippen molar-refractivity contribution in [1.29, 1.82) is 0 Å². The van der Waals surface area contributed by atoms with Crippen LogP contribution in [0.5, 0.6) is 0 Å². The number of carbonyl (C=O) groups excluding carboxylic acids is 2. The number of hydrogen-bond acceptors (Lipinski definition) is 3. The highest BCUT2D eigenvalue weighted by molar-refractivity contribution is 5.91. The van der Waals surface area contributed by atoms with E-state index in [2.05, 4.69) is 6.07 Å². The van der Waals surface area contributed by atoms with E-state index in [1.807, 2.05) is 19.1 Å². The molecule has 1 aliphatic carbocycles. The van der Waals surface area contributed by atoms with E-state index in [0.29, 0.717) is 18.9 Å². The van der Waals surface area contributed by atoms with Crippen LogP contribution in [0.15, 0.2) is 18.2 Å². The van der Waals surface area contributed by atoms with Crippen LogP contribution in [-0.2, 0) is 16.0 Å². The number of rotatable bonds is 6. The van der Waals surface area contributed by atoms with Gasteiger partial charge in [-0.2, -0.15) is 0 Å². The second-order valence-electron chi connectivity index (χ2n) is 5.28. The predicted molar refractivity (Wildman–Crippen MR) is 78.0 cm³/mol. The van der Waals surface area contributed by atoms with Crippen LogP contribution in [0.1, 0.15) is 66.4 Å². The molecule has 0 N–H and O–H groups in total. The van der Waals surface area contributed by atoms with Crippen LogP contribution in [0.2, 0.25) is 0 Å². The quantitative estimate of drug-likeness (QED) is 0.452. The monoisotopic (exact) mass is 274 g/mol. The van der Waals surface area contributed by atoms with Crippen molar-refractivity contribution in [1.82, 2.24) is 0 Å². The molecule has 0 saturated heterocycles. The van der Waals surface area contributed by atoms with E-state index in [-0.39, 0.29) is 5.97 Å². The SMILES string of the molecule is CCOC(=O)c1cccc2c1CCC[C@H]2CCCC=O. The summed E-state index contributed by atoms with van der Waals surface area (Å²) in [5.74, 6) is 0.269. The van der Waals surface area contributed by atoms with Gasteiger partial charge in [-0.05, 0) is 62.1 Å². The Kier molecular flexibility index (Phi) is 5.33. The second kappa shape index (κ2) is 7.22. The third-order valence-corrected chi connectivity index (χ3v) is 4.00. The summed E-state index contributed by atoms with van der Waals surface area (Å²) >= 11 is 0. The summed E-state index contributed by atoms with van der Waals surface area (Å²) in [6, 6.07) is 5.94. The molecule has 0 radical (unpaired) electrons. The van der Waals surface area contributed by atoms with Gasteiger partial charge in [0.15, 0.2) is 0 Å². The molecule has 1 aromatic carbocycles. The van der Waals surface area contributed by atoms with Gasteiger partial charge in [-0.1, -0.05) is 12.1 Å². The molecular formula is C17H22O3. The summed E-state index contributed by atoms with van der Waals surface area (Å²) in [7, 11) is 0. The van der Waals surface area contributed by atoms with E-state index in [1.54, 1.807) is 0 Å². The maximum absolute atomic E-state index is 12.0.